The monoisotopic (exact) mass is 367 g/mol. The van der Waals surface area contributed by atoms with Crippen LogP contribution in [-0.4, -0.2) is 29.2 Å². The number of ether oxygens (including phenoxy) is 1. The molecule has 0 atom stereocenters. The molecule has 0 aliphatic rings. The van der Waals surface area contributed by atoms with E-state index in [0.29, 0.717) is 5.75 Å². The second-order valence-corrected chi connectivity index (χ2v) is 5.82. The predicted octanol–water partition coefficient (Wildman–Crippen LogP) is 2.54. The van der Waals surface area contributed by atoms with Gasteiger partial charge in [-0.3, -0.25) is 20.4 Å². The van der Waals surface area contributed by atoms with E-state index < -0.39 is 17.6 Å². The van der Waals surface area contributed by atoms with Gasteiger partial charge in [-0.15, -0.1) is 0 Å². The first-order valence-electron chi connectivity index (χ1n) is 7.14. The number of aryl methyl sites for hydroxylation is 1. The van der Waals surface area contributed by atoms with E-state index in [1.54, 1.807) is 18.2 Å². The molecule has 0 saturated heterocycles. The number of rotatable bonds is 6. The molecule has 1 heterocycles. The summed E-state index contributed by atoms with van der Waals surface area (Å²) in [5, 5.41) is -0.125. The van der Waals surface area contributed by atoms with Crippen molar-refractivity contribution in [2.24, 2.45) is 0 Å². The zero-order chi connectivity index (χ0) is 18.2. The van der Waals surface area contributed by atoms with Gasteiger partial charge >= 0.3 is 0 Å². The fourth-order valence-corrected chi connectivity index (χ4v) is 2.40. The van der Waals surface area contributed by atoms with Crippen molar-refractivity contribution >= 4 is 23.6 Å². The number of hydrogen-bond acceptors (Lipinski definition) is 5. The highest BCUT2D eigenvalue weighted by Gasteiger charge is 2.17. The van der Waals surface area contributed by atoms with Crippen molar-refractivity contribution < 1.29 is 23.1 Å². The van der Waals surface area contributed by atoms with Crippen LogP contribution in [0.4, 0.5) is 8.78 Å². The van der Waals surface area contributed by atoms with Crippen molar-refractivity contribution in [3.05, 3.63) is 53.7 Å². The molecule has 132 valence electrons. The van der Waals surface area contributed by atoms with Crippen LogP contribution in [0.2, 0.25) is 0 Å². The molecule has 1 aromatic carbocycles. The summed E-state index contributed by atoms with van der Waals surface area (Å²) in [5.74, 6) is -3.54. The first-order valence-corrected chi connectivity index (χ1v) is 8.02. The number of thioether (sulfide) groups is 1. The summed E-state index contributed by atoms with van der Waals surface area (Å²) >= 11 is 0.154. The van der Waals surface area contributed by atoms with Crippen molar-refractivity contribution in [2.75, 3.05) is 6.61 Å². The fraction of sp³-hybridized carbons (Fsp3) is 0.188. The molecule has 1 aromatic heterocycles. The second kappa shape index (κ2) is 8.97. The molecule has 9 heteroatoms. The SMILES string of the molecule is Cc1cccc(OCC(=O)NNC(=O)c2cccnc2SC(F)F)c1. The van der Waals surface area contributed by atoms with E-state index in [-0.39, 0.29) is 29.0 Å². The Balaban J connectivity index is 1.86. The number of carbonyl (C=O) groups excluding carboxylic acids is 2. The van der Waals surface area contributed by atoms with Crippen molar-refractivity contribution in [3.8, 4) is 5.75 Å². The molecule has 2 N–H and O–H groups in total. The van der Waals surface area contributed by atoms with Gasteiger partial charge < -0.3 is 4.74 Å². The second-order valence-electron chi connectivity index (χ2n) is 4.84. The summed E-state index contributed by atoms with van der Waals surface area (Å²) in [6, 6.07) is 9.90. The number of nitrogens with one attached hydrogen (secondary N) is 2. The van der Waals surface area contributed by atoms with Crippen LogP contribution in [0.5, 0.6) is 5.75 Å². The summed E-state index contributed by atoms with van der Waals surface area (Å²) in [4.78, 5) is 27.4. The van der Waals surface area contributed by atoms with Gasteiger partial charge in [0.2, 0.25) is 0 Å². The summed E-state index contributed by atoms with van der Waals surface area (Å²) in [7, 11) is 0. The van der Waals surface area contributed by atoms with Gasteiger partial charge in [-0.05, 0) is 48.5 Å². The minimum Gasteiger partial charge on any atom is -0.484 e. The Morgan fingerprint density at radius 1 is 1.24 bits per heavy atom. The predicted molar refractivity (Wildman–Crippen MR) is 88.4 cm³/mol. The number of hydrazine groups is 1. The van der Waals surface area contributed by atoms with Crippen LogP contribution in [0.1, 0.15) is 15.9 Å². The maximum Gasteiger partial charge on any atom is 0.290 e. The van der Waals surface area contributed by atoms with Crippen molar-refractivity contribution in [3.63, 3.8) is 0 Å². The zero-order valence-electron chi connectivity index (χ0n) is 13.2. The Hall–Kier alpha value is -2.68. The molecule has 0 aliphatic carbocycles. The van der Waals surface area contributed by atoms with Crippen LogP contribution >= 0.6 is 11.8 Å². The van der Waals surface area contributed by atoms with Gasteiger partial charge in [0.15, 0.2) is 6.61 Å². The zero-order valence-corrected chi connectivity index (χ0v) is 14.0. The van der Waals surface area contributed by atoms with Crippen LogP contribution in [0.15, 0.2) is 47.6 Å². The van der Waals surface area contributed by atoms with E-state index in [2.05, 4.69) is 15.8 Å². The largest absolute Gasteiger partial charge is 0.484 e. The van der Waals surface area contributed by atoms with Crippen LogP contribution in [0, 0.1) is 6.92 Å². The quantitative estimate of drug-likeness (QED) is 0.606. The van der Waals surface area contributed by atoms with Crippen LogP contribution in [0.3, 0.4) is 0 Å². The van der Waals surface area contributed by atoms with E-state index in [9.17, 15) is 18.4 Å². The van der Waals surface area contributed by atoms with E-state index in [1.807, 2.05) is 13.0 Å². The van der Waals surface area contributed by atoms with Crippen molar-refractivity contribution in [2.45, 2.75) is 17.7 Å². The van der Waals surface area contributed by atoms with Crippen LogP contribution in [-0.2, 0) is 4.79 Å². The van der Waals surface area contributed by atoms with Crippen molar-refractivity contribution in [1.82, 2.24) is 15.8 Å². The number of amides is 2. The third-order valence-corrected chi connectivity index (χ3v) is 3.62. The first kappa shape index (κ1) is 18.7. The number of carbonyl (C=O) groups is 2. The molecular formula is C16H15F2N3O3S. The van der Waals surface area contributed by atoms with Gasteiger partial charge in [0.25, 0.3) is 17.6 Å². The molecule has 0 spiro atoms. The smallest absolute Gasteiger partial charge is 0.290 e. The highest BCUT2D eigenvalue weighted by Crippen LogP contribution is 2.26. The average Bonchev–Trinajstić information content (AvgIpc) is 2.58. The van der Waals surface area contributed by atoms with Gasteiger partial charge in [-0.1, -0.05) is 12.1 Å². The fourth-order valence-electron chi connectivity index (χ4n) is 1.83. The molecule has 6 nitrogen and oxygen atoms in total. The molecule has 0 bridgehead atoms. The van der Waals surface area contributed by atoms with Crippen LogP contribution < -0.4 is 15.6 Å². The molecule has 25 heavy (non-hydrogen) atoms. The number of hydrogen-bond donors (Lipinski definition) is 2. The van der Waals surface area contributed by atoms with E-state index in [4.69, 9.17) is 4.74 Å². The molecule has 0 unspecified atom stereocenters. The molecule has 0 fully saturated rings. The number of benzene rings is 1. The molecular weight excluding hydrogens is 352 g/mol. The summed E-state index contributed by atoms with van der Waals surface area (Å²) in [5.41, 5.74) is 5.22. The Morgan fingerprint density at radius 3 is 2.76 bits per heavy atom. The lowest BCUT2D eigenvalue weighted by Crippen LogP contribution is -2.44. The summed E-state index contributed by atoms with van der Waals surface area (Å²) < 4.78 is 30.2. The Labute approximate surface area is 146 Å². The summed E-state index contributed by atoms with van der Waals surface area (Å²) in [6.45, 7) is 1.57. The van der Waals surface area contributed by atoms with Gasteiger partial charge in [0, 0.05) is 6.20 Å². The molecule has 0 saturated carbocycles. The first-order chi connectivity index (χ1) is 12.0. The van der Waals surface area contributed by atoms with Gasteiger partial charge in [0.05, 0.1) is 5.56 Å². The lowest BCUT2D eigenvalue weighted by Gasteiger charge is -2.10. The number of aromatic nitrogens is 1. The third-order valence-electron chi connectivity index (χ3n) is 2.89. The van der Waals surface area contributed by atoms with Gasteiger partial charge in [0.1, 0.15) is 10.8 Å². The highest BCUT2D eigenvalue weighted by molar-refractivity contribution is 7.99. The number of pyridine rings is 1. The van der Waals surface area contributed by atoms with Gasteiger partial charge in [-0.25, -0.2) is 4.98 Å². The standard InChI is InChI=1S/C16H15F2N3O3S/c1-10-4-2-5-11(8-10)24-9-13(22)20-21-14(23)12-6-3-7-19-15(12)25-16(17)18/h2-8,16H,9H2,1H3,(H,20,22)(H,21,23). The van der Waals surface area contributed by atoms with Crippen molar-refractivity contribution in [1.29, 1.82) is 0 Å². The lowest BCUT2D eigenvalue weighted by molar-refractivity contribution is -0.123. The van der Waals surface area contributed by atoms with Gasteiger partial charge in [-0.2, -0.15) is 8.78 Å². The number of halogens is 2. The van der Waals surface area contributed by atoms with E-state index in [0.717, 1.165) is 5.56 Å². The topological polar surface area (TPSA) is 80.3 Å². The number of nitrogens with zero attached hydrogens (tertiary/aromatic N) is 1. The normalized spacial score (nSPS) is 10.4. The maximum atomic E-state index is 12.5. The molecule has 2 amide bonds. The average molecular weight is 367 g/mol. The summed E-state index contributed by atoms with van der Waals surface area (Å²) in [6.07, 6.45) is 1.30. The molecule has 2 rings (SSSR count). The molecule has 0 radical (unpaired) electrons. The lowest BCUT2D eigenvalue weighted by atomic mass is 10.2. The molecule has 2 aromatic rings. The number of alkyl halides is 2. The highest BCUT2D eigenvalue weighted by atomic mass is 32.2. The minimum atomic E-state index is -2.71. The Bertz CT molecular complexity index is 759. The van der Waals surface area contributed by atoms with E-state index in [1.165, 1.54) is 18.3 Å². The maximum absolute atomic E-state index is 12.5. The van der Waals surface area contributed by atoms with Crippen LogP contribution in [0.25, 0.3) is 0 Å². The Kier molecular flexibility index (Phi) is 6.70. The molecule has 0 aliphatic heterocycles. The van der Waals surface area contributed by atoms with E-state index >= 15 is 0 Å². The minimum absolute atomic E-state index is 0.0623. The Morgan fingerprint density at radius 2 is 2.04 bits per heavy atom. The third kappa shape index (κ3) is 6.03.